The highest BCUT2D eigenvalue weighted by atomic mass is 32.1. The molecule has 0 spiro atoms. The Labute approximate surface area is 148 Å². The van der Waals surface area contributed by atoms with Gasteiger partial charge in [-0.05, 0) is 42.5 Å². The van der Waals surface area contributed by atoms with Crippen LogP contribution in [0.15, 0.2) is 41.8 Å². The molecule has 3 N–H and O–H groups in total. The molecular formula is C18H18N2O4S. The van der Waals surface area contributed by atoms with Crippen LogP contribution in [0.3, 0.4) is 0 Å². The summed E-state index contributed by atoms with van der Waals surface area (Å²) in [6.07, 6.45) is 2.17. The molecule has 6 nitrogen and oxygen atoms in total. The van der Waals surface area contributed by atoms with Gasteiger partial charge >= 0.3 is 5.97 Å². The summed E-state index contributed by atoms with van der Waals surface area (Å²) in [5, 5.41) is 16.7. The Kier molecular flexibility index (Phi) is 4.85. The molecule has 1 aliphatic rings. The van der Waals surface area contributed by atoms with Crippen LogP contribution in [0.5, 0.6) is 0 Å². The van der Waals surface area contributed by atoms with Gasteiger partial charge in [-0.3, -0.25) is 14.4 Å². The average molecular weight is 358 g/mol. The van der Waals surface area contributed by atoms with E-state index in [1.165, 1.54) is 11.3 Å². The van der Waals surface area contributed by atoms with Crippen LogP contribution >= 0.6 is 11.3 Å². The first-order valence-electron chi connectivity index (χ1n) is 8.01. The second-order valence-corrected chi connectivity index (χ2v) is 7.01. The molecule has 1 fully saturated rings. The fraction of sp³-hybridized carbons (Fsp3) is 0.278. The standard InChI is InChI=1S/C18H18N2O4S/c21-15(14-7-4-10-25-14)19-12-5-3-6-13(11-12)20-16(22)18(17(23)24)8-1-2-9-18/h3-7,10-11H,1-2,8-9H2,(H,19,21)(H,20,22)(H,23,24). The molecule has 1 aromatic heterocycles. The highest BCUT2D eigenvalue weighted by molar-refractivity contribution is 7.12. The lowest BCUT2D eigenvalue weighted by molar-refractivity contribution is -0.153. The van der Waals surface area contributed by atoms with Crippen molar-refractivity contribution in [1.29, 1.82) is 0 Å². The molecule has 0 unspecified atom stereocenters. The number of thiophene rings is 1. The molecule has 25 heavy (non-hydrogen) atoms. The Morgan fingerprint density at radius 3 is 2.28 bits per heavy atom. The Hall–Kier alpha value is -2.67. The zero-order chi connectivity index (χ0) is 17.9. The number of aliphatic carboxylic acids is 1. The van der Waals surface area contributed by atoms with Gasteiger partial charge in [0.15, 0.2) is 0 Å². The third-order valence-electron chi connectivity index (χ3n) is 4.42. The summed E-state index contributed by atoms with van der Waals surface area (Å²) in [6, 6.07) is 10.2. The van der Waals surface area contributed by atoms with Crippen molar-refractivity contribution >= 4 is 40.5 Å². The van der Waals surface area contributed by atoms with Crippen molar-refractivity contribution in [2.24, 2.45) is 5.41 Å². The maximum atomic E-state index is 12.5. The molecule has 1 aliphatic carbocycles. The molecule has 2 amide bonds. The number of carboxylic acid groups (broad SMARTS) is 1. The third-order valence-corrected chi connectivity index (χ3v) is 5.29. The van der Waals surface area contributed by atoms with Gasteiger partial charge < -0.3 is 15.7 Å². The minimum Gasteiger partial charge on any atom is -0.480 e. The number of carbonyl (C=O) groups is 3. The lowest BCUT2D eigenvalue weighted by Crippen LogP contribution is -2.40. The van der Waals surface area contributed by atoms with Gasteiger partial charge in [0.25, 0.3) is 5.91 Å². The number of anilines is 2. The SMILES string of the molecule is O=C(Nc1cccc(NC(=O)C2(C(=O)O)CCCC2)c1)c1cccs1. The summed E-state index contributed by atoms with van der Waals surface area (Å²) in [6.45, 7) is 0. The summed E-state index contributed by atoms with van der Waals surface area (Å²) in [5.74, 6) is -1.81. The highest BCUT2D eigenvalue weighted by Gasteiger charge is 2.48. The van der Waals surface area contributed by atoms with Crippen LogP contribution in [0.25, 0.3) is 0 Å². The molecule has 130 valence electrons. The Balaban J connectivity index is 1.72. The number of benzene rings is 1. The van der Waals surface area contributed by atoms with E-state index in [0.717, 1.165) is 12.8 Å². The summed E-state index contributed by atoms with van der Waals surface area (Å²) < 4.78 is 0. The molecule has 2 aromatic rings. The molecule has 0 aliphatic heterocycles. The first kappa shape index (κ1) is 17.2. The lowest BCUT2D eigenvalue weighted by atomic mass is 9.85. The lowest BCUT2D eigenvalue weighted by Gasteiger charge is -2.22. The van der Waals surface area contributed by atoms with Crippen LogP contribution in [0, 0.1) is 5.41 Å². The number of rotatable bonds is 5. The van der Waals surface area contributed by atoms with Gasteiger partial charge in [0, 0.05) is 11.4 Å². The van der Waals surface area contributed by atoms with Gasteiger partial charge in [-0.2, -0.15) is 0 Å². The van der Waals surface area contributed by atoms with Crippen LogP contribution in [-0.2, 0) is 9.59 Å². The van der Waals surface area contributed by atoms with E-state index in [0.29, 0.717) is 29.1 Å². The van der Waals surface area contributed by atoms with Crippen LogP contribution in [0.2, 0.25) is 0 Å². The van der Waals surface area contributed by atoms with E-state index in [9.17, 15) is 19.5 Å². The summed E-state index contributed by atoms with van der Waals surface area (Å²) >= 11 is 1.34. The van der Waals surface area contributed by atoms with Gasteiger partial charge in [-0.25, -0.2) is 0 Å². The number of nitrogens with one attached hydrogen (secondary N) is 2. The van der Waals surface area contributed by atoms with Crippen LogP contribution in [0.4, 0.5) is 11.4 Å². The van der Waals surface area contributed by atoms with Crippen molar-refractivity contribution < 1.29 is 19.5 Å². The van der Waals surface area contributed by atoms with Crippen molar-refractivity contribution in [3.8, 4) is 0 Å². The summed E-state index contributed by atoms with van der Waals surface area (Å²) in [7, 11) is 0. The minimum absolute atomic E-state index is 0.226. The number of hydrogen-bond acceptors (Lipinski definition) is 4. The third kappa shape index (κ3) is 3.56. The highest BCUT2D eigenvalue weighted by Crippen LogP contribution is 2.39. The Morgan fingerprint density at radius 2 is 1.68 bits per heavy atom. The molecule has 1 aromatic carbocycles. The Morgan fingerprint density at radius 1 is 1.00 bits per heavy atom. The van der Waals surface area contributed by atoms with Crippen LogP contribution in [0.1, 0.15) is 35.4 Å². The fourth-order valence-corrected chi connectivity index (χ4v) is 3.66. The smallest absolute Gasteiger partial charge is 0.319 e. The largest absolute Gasteiger partial charge is 0.480 e. The number of carboxylic acids is 1. The van der Waals surface area contributed by atoms with Gasteiger partial charge in [0.1, 0.15) is 5.41 Å². The van der Waals surface area contributed by atoms with Gasteiger partial charge in [0.05, 0.1) is 4.88 Å². The van der Waals surface area contributed by atoms with Crippen LogP contribution < -0.4 is 10.6 Å². The molecule has 1 saturated carbocycles. The number of hydrogen-bond donors (Lipinski definition) is 3. The topological polar surface area (TPSA) is 95.5 Å². The van der Waals surface area contributed by atoms with E-state index < -0.39 is 17.3 Å². The minimum atomic E-state index is -1.35. The Bertz CT molecular complexity index is 795. The number of amides is 2. The van der Waals surface area contributed by atoms with E-state index in [1.54, 1.807) is 36.4 Å². The molecular weight excluding hydrogens is 340 g/mol. The molecule has 0 atom stereocenters. The van der Waals surface area contributed by atoms with E-state index in [-0.39, 0.29) is 5.91 Å². The fourth-order valence-electron chi connectivity index (χ4n) is 3.04. The first-order chi connectivity index (χ1) is 12.0. The molecule has 0 radical (unpaired) electrons. The average Bonchev–Trinajstić information content (AvgIpc) is 3.27. The molecule has 7 heteroatoms. The van der Waals surface area contributed by atoms with E-state index in [4.69, 9.17) is 0 Å². The quantitative estimate of drug-likeness (QED) is 0.712. The van der Waals surface area contributed by atoms with E-state index in [1.807, 2.05) is 5.38 Å². The predicted molar refractivity (Wildman–Crippen MR) is 95.9 cm³/mol. The van der Waals surface area contributed by atoms with E-state index in [2.05, 4.69) is 10.6 Å². The second kappa shape index (κ2) is 7.06. The van der Waals surface area contributed by atoms with Crippen molar-refractivity contribution in [1.82, 2.24) is 0 Å². The first-order valence-corrected chi connectivity index (χ1v) is 8.89. The molecule has 1 heterocycles. The normalized spacial score (nSPS) is 15.5. The van der Waals surface area contributed by atoms with E-state index >= 15 is 0 Å². The zero-order valence-corrected chi connectivity index (χ0v) is 14.3. The second-order valence-electron chi connectivity index (χ2n) is 6.06. The van der Waals surface area contributed by atoms with Crippen molar-refractivity contribution in [2.45, 2.75) is 25.7 Å². The van der Waals surface area contributed by atoms with Crippen LogP contribution in [-0.4, -0.2) is 22.9 Å². The molecule has 0 saturated heterocycles. The van der Waals surface area contributed by atoms with Crippen molar-refractivity contribution in [3.63, 3.8) is 0 Å². The van der Waals surface area contributed by atoms with Gasteiger partial charge in [-0.1, -0.05) is 25.0 Å². The maximum absolute atomic E-state index is 12.5. The van der Waals surface area contributed by atoms with Gasteiger partial charge in [0.2, 0.25) is 5.91 Å². The maximum Gasteiger partial charge on any atom is 0.319 e. The number of carbonyl (C=O) groups excluding carboxylic acids is 2. The zero-order valence-electron chi connectivity index (χ0n) is 13.5. The van der Waals surface area contributed by atoms with Crippen molar-refractivity contribution in [2.75, 3.05) is 10.6 Å². The summed E-state index contributed by atoms with van der Waals surface area (Å²) in [5.41, 5.74) is -0.357. The molecule has 0 bridgehead atoms. The molecule has 3 rings (SSSR count). The van der Waals surface area contributed by atoms with Gasteiger partial charge in [-0.15, -0.1) is 11.3 Å². The monoisotopic (exact) mass is 358 g/mol. The summed E-state index contributed by atoms with van der Waals surface area (Å²) in [4.78, 5) is 36.8. The predicted octanol–water partition coefficient (Wildman–Crippen LogP) is 3.58. The van der Waals surface area contributed by atoms with Crippen molar-refractivity contribution in [3.05, 3.63) is 46.7 Å².